The lowest BCUT2D eigenvalue weighted by molar-refractivity contribution is -0.141. The summed E-state index contributed by atoms with van der Waals surface area (Å²) in [4.78, 5) is 22.2. The van der Waals surface area contributed by atoms with Gasteiger partial charge in [-0.15, -0.1) is 0 Å². The summed E-state index contributed by atoms with van der Waals surface area (Å²) in [5.41, 5.74) is 0.378. The minimum Gasteiger partial charge on any atom is -0.481 e. The van der Waals surface area contributed by atoms with Crippen molar-refractivity contribution < 1.29 is 19.1 Å². The van der Waals surface area contributed by atoms with Crippen molar-refractivity contribution >= 4 is 12.0 Å². The zero-order valence-corrected chi connectivity index (χ0v) is 10.6. The Labute approximate surface area is 110 Å². The number of halogens is 1. The number of carboxylic acids is 1. The Morgan fingerprint density at radius 1 is 1.32 bits per heavy atom. The fourth-order valence-electron chi connectivity index (χ4n) is 1.50. The number of benzene rings is 1. The first kappa shape index (κ1) is 14.9. The molecule has 0 saturated carbocycles. The Balaban J connectivity index is 2.36. The lowest BCUT2D eigenvalue weighted by atomic mass is 10.1. The molecule has 6 heteroatoms. The van der Waals surface area contributed by atoms with Gasteiger partial charge in [-0.2, -0.15) is 0 Å². The van der Waals surface area contributed by atoms with Crippen LogP contribution in [0.5, 0.6) is 0 Å². The second kappa shape index (κ2) is 7.35. The normalized spacial score (nSPS) is 11.7. The maximum Gasteiger partial charge on any atom is 0.315 e. The maximum absolute atomic E-state index is 13.3. The van der Waals surface area contributed by atoms with Crippen molar-refractivity contribution in [1.82, 2.24) is 10.6 Å². The van der Waals surface area contributed by atoms with Crippen LogP contribution in [0.25, 0.3) is 0 Å². The lowest BCUT2D eigenvalue weighted by Crippen LogP contribution is -2.39. The van der Waals surface area contributed by atoms with Crippen molar-refractivity contribution in [3.63, 3.8) is 0 Å². The second-order valence-corrected chi connectivity index (χ2v) is 4.10. The third-order valence-corrected chi connectivity index (χ3v) is 2.75. The van der Waals surface area contributed by atoms with Gasteiger partial charge in [-0.05, 0) is 12.5 Å². The first-order valence-corrected chi connectivity index (χ1v) is 6.02. The first-order chi connectivity index (χ1) is 9.04. The van der Waals surface area contributed by atoms with Gasteiger partial charge in [-0.25, -0.2) is 9.18 Å². The molecule has 104 valence electrons. The number of carbonyl (C=O) groups excluding carboxylic acids is 1. The topological polar surface area (TPSA) is 78.4 Å². The van der Waals surface area contributed by atoms with Gasteiger partial charge in [0.25, 0.3) is 0 Å². The van der Waals surface area contributed by atoms with Crippen molar-refractivity contribution in [3.05, 3.63) is 35.6 Å². The monoisotopic (exact) mass is 268 g/mol. The molecule has 2 amide bonds. The van der Waals surface area contributed by atoms with Gasteiger partial charge in [-0.1, -0.05) is 25.1 Å². The average Bonchev–Trinajstić information content (AvgIpc) is 2.38. The molecule has 0 aromatic heterocycles. The Hall–Kier alpha value is -2.11. The average molecular weight is 268 g/mol. The Morgan fingerprint density at radius 2 is 2.00 bits per heavy atom. The number of carbonyl (C=O) groups is 2. The minimum absolute atomic E-state index is 0.0505. The van der Waals surface area contributed by atoms with Crippen LogP contribution in [0.4, 0.5) is 9.18 Å². The van der Waals surface area contributed by atoms with Gasteiger partial charge in [0.2, 0.25) is 0 Å². The summed E-state index contributed by atoms with van der Waals surface area (Å²) in [7, 11) is 0. The van der Waals surface area contributed by atoms with Crippen molar-refractivity contribution in [2.45, 2.75) is 19.9 Å². The molecule has 0 saturated heterocycles. The third-order valence-electron chi connectivity index (χ3n) is 2.75. The van der Waals surface area contributed by atoms with Gasteiger partial charge in [0.1, 0.15) is 5.82 Å². The molecule has 5 nitrogen and oxygen atoms in total. The van der Waals surface area contributed by atoms with E-state index in [2.05, 4.69) is 10.6 Å². The van der Waals surface area contributed by atoms with Crippen molar-refractivity contribution in [2.75, 3.05) is 6.54 Å². The second-order valence-electron chi connectivity index (χ2n) is 4.10. The van der Waals surface area contributed by atoms with Crippen molar-refractivity contribution in [1.29, 1.82) is 0 Å². The van der Waals surface area contributed by atoms with Crippen LogP contribution in [-0.4, -0.2) is 23.7 Å². The Kier molecular flexibility index (Phi) is 5.78. The number of nitrogens with one attached hydrogen (secondary N) is 2. The van der Waals surface area contributed by atoms with E-state index < -0.39 is 17.9 Å². The maximum atomic E-state index is 13.3. The van der Waals surface area contributed by atoms with Crippen LogP contribution >= 0.6 is 0 Å². The van der Waals surface area contributed by atoms with E-state index in [4.69, 9.17) is 5.11 Å². The van der Waals surface area contributed by atoms with Gasteiger partial charge in [-0.3, -0.25) is 4.79 Å². The highest BCUT2D eigenvalue weighted by molar-refractivity contribution is 5.75. The number of rotatable bonds is 6. The number of aliphatic carboxylic acids is 1. The predicted molar refractivity (Wildman–Crippen MR) is 68.1 cm³/mol. The molecule has 0 aliphatic rings. The van der Waals surface area contributed by atoms with E-state index in [1.807, 2.05) is 0 Å². The molecular weight excluding hydrogens is 251 g/mol. The fourth-order valence-corrected chi connectivity index (χ4v) is 1.50. The quantitative estimate of drug-likeness (QED) is 0.735. The summed E-state index contributed by atoms with van der Waals surface area (Å²) >= 11 is 0. The molecule has 0 aliphatic carbocycles. The summed E-state index contributed by atoms with van der Waals surface area (Å²) in [5, 5.41) is 13.7. The number of carboxylic acid groups (broad SMARTS) is 1. The molecule has 0 spiro atoms. The fraction of sp³-hybridized carbons (Fsp3) is 0.385. The van der Waals surface area contributed by atoms with Gasteiger partial charge < -0.3 is 15.7 Å². The molecule has 1 aromatic rings. The first-order valence-electron chi connectivity index (χ1n) is 6.02. The molecule has 0 radical (unpaired) electrons. The SMILES string of the molecule is CCC(CNC(=O)NCc1ccccc1F)C(=O)O. The number of hydrogen-bond acceptors (Lipinski definition) is 2. The summed E-state index contributed by atoms with van der Waals surface area (Å²) < 4.78 is 13.3. The van der Waals surface area contributed by atoms with Crippen LogP contribution in [0.1, 0.15) is 18.9 Å². The van der Waals surface area contributed by atoms with Gasteiger partial charge in [0, 0.05) is 18.7 Å². The van der Waals surface area contributed by atoms with Crippen molar-refractivity contribution in [3.8, 4) is 0 Å². The van der Waals surface area contributed by atoms with Crippen LogP contribution in [0, 0.1) is 11.7 Å². The van der Waals surface area contributed by atoms with E-state index >= 15 is 0 Å². The van der Waals surface area contributed by atoms with Crippen LogP contribution < -0.4 is 10.6 Å². The number of amides is 2. The summed E-state index contributed by atoms with van der Waals surface area (Å²) in [6, 6.07) is 5.62. The number of urea groups is 1. The molecule has 0 heterocycles. The molecule has 1 unspecified atom stereocenters. The van der Waals surface area contributed by atoms with Crippen LogP contribution in [-0.2, 0) is 11.3 Å². The Morgan fingerprint density at radius 3 is 2.58 bits per heavy atom. The summed E-state index contributed by atoms with van der Waals surface area (Å²) in [5.74, 6) is -1.95. The molecule has 0 aliphatic heterocycles. The largest absolute Gasteiger partial charge is 0.481 e. The third kappa shape index (κ3) is 4.95. The standard InChI is InChI=1S/C13H17FN2O3/c1-2-9(12(17)18)7-15-13(19)16-8-10-5-3-4-6-11(10)14/h3-6,9H,2,7-8H2,1H3,(H,17,18)(H2,15,16,19). The molecular formula is C13H17FN2O3. The zero-order valence-electron chi connectivity index (χ0n) is 10.6. The van der Waals surface area contributed by atoms with Crippen LogP contribution in [0.3, 0.4) is 0 Å². The lowest BCUT2D eigenvalue weighted by Gasteiger charge is -2.12. The summed E-state index contributed by atoms with van der Waals surface area (Å²) in [6.07, 6.45) is 0.433. The molecule has 0 bridgehead atoms. The molecule has 1 rings (SSSR count). The van der Waals surface area contributed by atoms with Crippen LogP contribution in [0.2, 0.25) is 0 Å². The molecule has 19 heavy (non-hydrogen) atoms. The molecule has 0 fully saturated rings. The van der Waals surface area contributed by atoms with E-state index in [1.165, 1.54) is 6.07 Å². The summed E-state index contributed by atoms with van der Waals surface area (Å²) in [6.45, 7) is 1.84. The van der Waals surface area contributed by atoms with E-state index in [0.29, 0.717) is 12.0 Å². The number of hydrogen-bond donors (Lipinski definition) is 3. The predicted octanol–water partition coefficient (Wildman–Crippen LogP) is 1.74. The van der Waals surface area contributed by atoms with E-state index in [-0.39, 0.29) is 18.9 Å². The molecule has 1 atom stereocenters. The molecule has 3 N–H and O–H groups in total. The highest BCUT2D eigenvalue weighted by atomic mass is 19.1. The van der Waals surface area contributed by atoms with Crippen LogP contribution in [0.15, 0.2) is 24.3 Å². The van der Waals surface area contributed by atoms with E-state index in [1.54, 1.807) is 25.1 Å². The van der Waals surface area contributed by atoms with E-state index in [0.717, 1.165) is 0 Å². The highest BCUT2D eigenvalue weighted by Gasteiger charge is 2.15. The highest BCUT2D eigenvalue weighted by Crippen LogP contribution is 2.05. The van der Waals surface area contributed by atoms with Gasteiger partial charge in [0.05, 0.1) is 5.92 Å². The Bertz CT molecular complexity index is 451. The molecule has 1 aromatic carbocycles. The van der Waals surface area contributed by atoms with Gasteiger partial charge in [0.15, 0.2) is 0 Å². The van der Waals surface area contributed by atoms with Gasteiger partial charge >= 0.3 is 12.0 Å². The smallest absolute Gasteiger partial charge is 0.315 e. The van der Waals surface area contributed by atoms with E-state index in [9.17, 15) is 14.0 Å². The zero-order chi connectivity index (χ0) is 14.3. The van der Waals surface area contributed by atoms with Crippen molar-refractivity contribution in [2.24, 2.45) is 5.92 Å². The minimum atomic E-state index is -0.947.